The zero-order valence-corrected chi connectivity index (χ0v) is 11.5. The molecule has 4 N–H and O–H groups in total. The van der Waals surface area contributed by atoms with Crippen molar-refractivity contribution in [2.24, 2.45) is 0 Å². The van der Waals surface area contributed by atoms with Crippen LogP contribution in [-0.4, -0.2) is 88.8 Å². The second-order valence-electron chi connectivity index (χ2n) is 5.36. The number of aliphatic hydroxyl groups excluding tert-OH is 2. The van der Waals surface area contributed by atoms with Gasteiger partial charge in [-0.15, -0.1) is 0 Å². The molecule has 0 rings (SSSR count). The molecular weight excluding hydrogens is 274 g/mol. The van der Waals surface area contributed by atoms with Gasteiger partial charge >= 0.3 is 17.9 Å². The number of carboxylic acids is 2. The molecule has 9 nitrogen and oxygen atoms in total. The summed E-state index contributed by atoms with van der Waals surface area (Å²) in [5, 5.41) is 35.5. The molecule has 0 bridgehead atoms. The maximum atomic E-state index is 11.5. The van der Waals surface area contributed by atoms with E-state index in [1.807, 2.05) is 0 Å². The van der Waals surface area contributed by atoms with Gasteiger partial charge in [0.25, 0.3) is 0 Å². The van der Waals surface area contributed by atoms with Gasteiger partial charge in [-0.1, -0.05) is 0 Å². The topological polar surface area (TPSA) is 141 Å². The smallest absolute Gasteiger partial charge is 0.338 e. The minimum absolute atomic E-state index is 0.147. The molecule has 0 amide bonds. The van der Waals surface area contributed by atoms with E-state index in [9.17, 15) is 19.5 Å². The molecule has 0 saturated carbocycles. The Kier molecular flexibility index (Phi) is 6.56. The van der Waals surface area contributed by atoms with Crippen LogP contribution in [0.4, 0.5) is 0 Å². The van der Waals surface area contributed by atoms with Crippen molar-refractivity contribution in [1.82, 2.24) is 0 Å². The van der Waals surface area contributed by atoms with E-state index in [0.29, 0.717) is 4.48 Å². The van der Waals surface area contributed by atoms with Gasteiger partial charge in [0.15, 0.2) is 18.3 Å². The van der Waals surface area contributed by atoms with Crippen LogP contribution in [-0.2, 0) is 19.1 Å². The summed E-state index contributed by atoms with van der Waals surface area (Å²) in [5.74, 6) is -4.36. The maximum absolute atomic E-state index is 11.5. The van der Waals surface area contributed by atoms with Gasteiger partial charge in [0, 0.05) is 0 Å². The lowest BCUT2D eigenvalue weighted by atomic mass is 10.2. The number of aliphatic hydroxyl groups is 2. The molecule has 3 atom stereocenters. The van der Waals surface area contributed by atoms with Crippen molar-refractivity contribution in [3.63, 3.8) is 0 Å². The highest BCUT2D eigenvalue weighted by atomic mass is 16.6. The first-order valence-corrected chi connectivity index (χ1v) is 5.75. The van der Waals surface area contributed by atoms with E-state index in [4.69, 9.17) is 20.1 Å². The Morgan fingerprint density at radius 1 is 1.05 bits per heavy atom. The summed E-state index contributed by atoms with van der Waals surface area (Å²) in [6.45, 7) is 0.147. The van der Waals surface area contributed by atoms with Gasteiger partial charge in [0.05, 0.1) is 27.6 Å². The van der Waals surface area contributed by atoms with Gasteiger partial charge in [-0.3, -0.25) is 4.79 Å². The van der Waals surface area contributed by atoms with Gasteiger partial charge in [-0.25, -0.2) is 9.59 Å². The number of aliphatic carboxylic acids is 2. The fourth-order valence-electron chi connectivity index (χ4n) is 1.45. The normalized spacial score (nSPS) is 16.1. The molecule has 20 heavy (non-hydrogen) atoms. The maximum Gasteiger partial charge on any atom is 0.338 e. The molecule has 9 heteroatoms. The lowest BCUT2D eigenvalue weighted by Gasteiger charge is -2.29. The number of rotatable bonds is 8. The van der Waals surface area contributed by atoms with Crippen LogP contribution in [0.5, 0.6) is 0 Å². The highest BCUT2D eigenvalue weighted by molar-refractivity contribution is 5.84. The largest absolute Gasteiger partial charge is 0.481 e. The zero-order valence-electron chi connectivity index (χ0n) is 11.5. The van der Waals surface area contributed by atoms with Gasteiger partial charge in [0.2, 0.25) is 0 Å². The molecule has 0 saturated heterocycles. The van der Waals surface area contributed by atoms with Crippen LogP contribution >= 0.6 is 0 Å². The predicted octanol–water partition coefficient (Wildman–Crippen LogP) is -2.11. The summed E-state index contributed by atoms with van der Waals surface area (Å²) in [7, 11) is 5.22. The van der Waals surface area contributed by atoms with Gasteiger partial charge in [-0.2, -0.15) is 0 Å². The van der Waals surface area contributed by atoms with Gasteiger partial charge < -0.3 is 29.6 Å². The van der Waals surface area contributed by atoms with Crippen LogP contribution in [0.25, 0.3) is 0 Å². The standard InChI is InChI=1S/C11H19NO8/c1-12(2,3)5-6(4-7(13)14)20-11(19)9(16)8(15)10(17)18/h6,8-9,15-16H,4-5H2,1-3H3,(H-,13,14,17,18)/p+1/t6-,8?,9?/m1/s1. The highest BCUT2D eigenvalue weighted by Gasteiger charge is 2.34. The van der Waals surface area contributed by atoms with Crippen LogP contribution in [0.3, 0.4) is 0 Å². The van der Waals surface area contributed by atoms with Crippen LogP contribution in [0, 0.1) is 0 Å². The molecule has 0 aliphatic heterocycles. The summed E-state index contributed by atoms with van der Waals surface area (Å²) >= 11 is 0. The molecule has 0 aromatic carbocycles. The first-order chi connectivity index (χ1) is 8.94. The number of carbonyl (C=O) groups excluding carboxylic acids is 1. The van der Waals surface area contributed by atoms with E-state index in [2.05, 4.69) is 0 Å². The van der Waals surface area contributed by atoms with Crippen molar-refractivity contribution in [3.8, 4) is 0 Å². The highest BCUT2D eigenvalue weighted by Crippen LogP contribution is 2.08. The van der Waals surface area contributed by atoms with E-state index < -0.39 is 42.6 Å². The van der Waals surface area contributed by atoms with Crippen molar-refractivity contribution in [2.45, 2.75) is 24.7 Å². The number of hydrogen-bond acceptors (Lipinski definition) is 6. The molecule has 116 valence electrons. The third-order valence-electron chi connectivity index (χ3n) is 2.23. The first-order valence-electron chi connectivity index (χ1n) is 5.75. The number of carbonyl (C=O) groups is 3. The number of nitrogens with zero attached hydrogens (tertiary/aromatic N) is 1. The SMILES string of the molecule is C[N+](C)(C)C[C@@H](CC(=O)O)OC(=O)C(O)C(O)C(=O)O. The molecule has 0 fully saturated rings. The number of esters is 1. The van der Waals surface area contributed by atoms with E-state index >= 15 is 0 Å². The van der Waals surface area contributed by atoms with Gasteiger partial charge in [-0.05, 0) is 0 Å². The number of hydrogen-bond donors (Lipinski definition) is 4. The van der Waals surface area contributed by atoms with E-state index in [-0.39, 0.29) is 6.54 Å². The summed E-state index contributed by atoms with van der Waals surface area (Å²) in [6.07, 6.45) is -6.12. The first kappa shape index (κ1) is 18.3. The van der Waals surface area contributed by atoms with E-state index in [1.165, 1.54) is 0 Å². The zero-order chi connectivity index (χ0) is 16.1. The van der Waals surface area contributed by atoms with Crippen molar-refractivity contribution in [2.75, 3.05) is 27.7 Å². The predicted molar refractivity (Wildman–Crippen MR) is 64.7 cm³/mol. The third-order valence-corrected chi connectivity index (χ3v) is 2.23. The Morgan fingerprint density at radius 3 is 1.90 bits per heavy atom. The number of ether oxygens (including phenoxy) is 1. The minimum atomic E-state index is -2.32. The van der Waals surface area contributed by atoms with Crippen molar-refractivity contribution >= 4 is 17.9 Å². The molecule has 0 aliphatic carbocycles. The molecule has 0 aromatic rings. The summed E-state index contributed by atoms with van der Waals surface area (Å²) in [6, 6.07) is 0. The summed E-state index contributed by atoms with van der Waals surface area (Å²) < 4.78 is 5.06. The molecule has 0 aliphatic rings. The van der Waals surface area contributed by atoms with Crippen molar-refractivity contribution in [3.05, 3.63) is 0 Å². The van der Waals surface area contributed by atoms with Crippen LogP contribution in [0.15, 0.2) is 0 Å². The molecule has 0 spiro atoms. The second-order valence-corrected chi connectivity index (χ2v) is 5.36. The van der Waals surface area contributed by atoms with Crippen LogP contribution < -0.4 is 0 Å². The molecule has 2 unspecified atom stereocenters. The summed E-state index contributed by atoms with van der Waals surface area (Å²) in [4.78, 5) is 32.6. The number of carboxylic acid groups (broad SMARTS) is 2. The quantitative estimate of drug-likeness (QED) is 0.294. The Balaban J connectivity index is 4.76. The average Bonchev–Trinajstić information content (AvgIpc) is 2.23. The third kappa shape index (κ3) is 7.02. The monoisotopic (exact) mass is 294 g/mol. The lowest BCUT2D eigenvalue weighted by Crippen LogP contribution is -2.47. The van der Waals surface area contributed by atoms with Crippen molar-refractivity contribution in [1.29, 1.82) is 0 Å². The Bertz CT molecular complexity index is 375. The molecule has 0 aromatic heterocycles. The lowest BCUT2D eigenvalue weighted by molar-refractivity contribution is -0.873. The average molecular weight is 294 g/mol. The summed E-state index contributed by atoms with van der Waals surface area (Å²) in [5.41, 5.74) is 0. The minimum Gasteiger partial charge on any atom is -0.481 e. The Labute approximate surface area is 115 Å². The molecule has 0 heterocycles. The fourth-order valence-corrected chi connectivity index (χ4v) is 1.45. The fraction of sp³-hybridized carbons (Fsp3) is 0.727. The molecular formula is C11H20NO8+. The van der Waals surface area contributed by atoms with Crippen molar-refractivity contribution < 1.29 is 44.0 Å². The Morgan fingerprint density at radius 2 is 1.55 bits per heavy atom. The van der Waals surface area contributed by atoms with Crippen LogP contribution in [0.1, 0.15) is 6.42 Å². The van der Waals surface area contributed by atoms with E-state index in [1.54, 1.807) is 21.1 Å². The van der Waals surface area contributed by atoms with Crippen LogP contribution in [0.2, 0.25) is 0 Å². The molecule has 0 radical (unpaired) electrons. The van der Waals surface area contributed by atoms with Gasteiger partial charge in [0.1, 0.15) is 6.54 Å². The second kappa shape index (κ2) is 7.17. The Hall–Kier alpha value is -1.71. The number of quaternary nitrogens is 1. The number of likely N-dealkylation sites (N-methyl/N-ethyl adjacent to an activating group) is 1. The van der Waals surface area contributed by atoms with E-state index in [0.717, 1.165) is 0 Å².